The van der Waals surface area contributed by atoms with Crippen LogP contribution in [0.1, 0.15) is 22.9 Å². The number of hydrogen-bond donors (Lipinski definition) is 1. The molecule has 0 aliphatic rings. The topological polar surface area (TPSA) is 39.2 Å². The van der Waals surface area contributed by atoms with Crippen LogP contribution < -0.4 is 5.73 Å². The summed E-state index contributed by atoms with van der Waals surface area (Å²) in [5.74, 6) is -0.595. The second kappa shape index (κ2) is 4.67. The van der Waals surface area contributed by atoms with Crippen LogP contribution >= 0.6 is 0 Å². The molecule has 0 radical (unpaired) electrons. The zero-order valence-corrected chi connectivity index (χ0v) is 9.41. The van der Waals surface area contributed by atoms with Crippen molar-refractivity contribution in [3.05, 3.63) is 59.1 Å². The highest BCUT2D eigenvalue weighted by Crippen LogP contribution is 2.23. The second-order valence-corrected chi connectivity index (χ2v) is 3.98. The molecule has 2 aromatic rings. The van der Waals surface area contributed by atoms with Crippen LogP contribution in [-0.4, -0.2) is 0 Å². The number of rotatable bonds is 3. The predicted molar refractivity (Wildman–Crippen MR) is 60.4 cm³/mol. The Morgan fingerprint density at radius 1 is 1.24 bits per heavy atom. The first kappa shape index (κ1) is 11.8. The van der Waals surface area contributed by atoms with Crippen molar-refractivity contribution in [1.29, 1.82) is 0 Å². The summed E-state index contributed by atoms with van der Waals surface area (Å²) in [5, 5.41) is 0. The van der Waals surface area contributed by atoms with Crippen molar-refractivity contribution in [3.63, 3.8) is 0 Å². The van der Waals surface area contributed by atoms with E-state index >= 15 is 0 Å². The van der Waals surface area contributed by atoms with Gasteiger partial charge >= 0.3 is 0 Å². The lowest BCUT2D eigenvalue weighted by molar-refractivity contribution is 0.451. The van der Waals surface area contributed by atoms with Crippen LogP contribution in [0.25, 0.3) is 0 Å². The maximum Gasteiger partial charge on any atom is 0.129 e. The molecule has 1 unspecified atom stereocenters. The summed E-state index contributed by atoms with van der Waals surface area (Å²) in [6.45, 7) is 1.84. The molecular weight excluding hydrogens is 224 g/mol. The molecule has 1 atom stereocenters. The van der Waals surface area contributed by atoms with Gasteiger partial charge in [0.05, 0.1) is 12.3 Å². The van der Waals surface area contributed by atoms with Crippen LogP contribution in [0.15, 0.2) is 34.9 Å². The van der Waals surface area contributed by atoms with Crippen molar-refractivity contribution in [2.75, 3.05) is 0 Å². The van der Waals surface area contributed by atoms with E-state index in [1.54, 1.807) is 6.07 Å². The lowest BCUT2D eigenvalue weighted by atomic mass is 10.0. The molecule has 1 aromatic heterocycles. The number of furan rings is 1. The van der Waals surface area contributed by atoms with Gasteiger partial charge in [0, 0.05) is 12.0 Å². The van der Waals surface area contributed by atoms with E-state index in [0.29, 0.717) is 5.76 Å². The van der Waals surface area contributed by atoms with Crippen LogP contribution in [0.3, 0.4) is 0 Å². The Hall–Kier alpha value is -1.68. The molecule has 1 aromatic carbocycles. The number of benzene rings is 1. The second-order valence-electron chi connectivity index (χ2n) is 3.98. The van der Waals surface area contributed by atoms with Crippen molar-refractivity contribution in [2.45, 2.75) is 19.4 Å². The Morgan fingerprint density at radius 3 is 2.41 bits per heavy atom. The van der Waals surface area contributed by atoms with Crippen LogP contribution in [0.5, 0.6) is 0 Å². The average Bonchev–Trinajstić information content (AvgIpc) is 2.70. The van der Waals surface area contributed by atoms with Gasteiger partial charge in [-0.05, 0) is 30.7 Å². The molecular formula is C13H13F2NO. The molecule has 0 fully saturated rings. The Labute approximate surface area is 98.0 Å². The third kappa shape index (κ3) is 2.36. The van der Waals surface area contributed by atoms with Crippen molar-refractivity contribution in [3.8, 4) is 0 Å². The molecule has 0 spiro atoms. The minimum atomic E-state index is -0.579. The SMILES string of the molecule is Cc1ccoc1C(N)Cc1c(F)cccc1F. The first-order valence-corrected chi connectivity index (χ1v) is 5.32. The lowest BCUT2D eigenvalue weighted by Gasteiger charge is -2.11. The predicted octanol–water partition coefficient (Wildman–Crippen LogP) is 3.11. The van der Waals surface area contributed by atoms with Gasteiger partial charge in [-0.2, -0.15) is 0 Å². The summed E-state index contributed by atoms with van der Waals surface area (Å²) in [5.41, 5.74) is 6.76. The fourth-order valence-corrected chi connectivity index (χ4v) is 1.80. The molecule has 0 aliphatic heterocycles. The van der Waals surface area contributed by atoms with E-state index in [4.69, 9.17) is 10.2 Å². The maximum absolute atomic E-state index is 13.4. The van der Waals surface area contributed by atoms with Gasteiger partial charge in [0.1, 0.15) is 17.4 Å². The standard InChI is InChI=1S/C13H13F2NO/c1-8-5-6-17-13(8)12(16)7-9-10(14)3-2-4-11(9)15/h2-6,12H,7,16H2,1H3. The van der Waals surface area contributed by atoms with Gasteiger partial charge in [-0.1, -0.05) is 6.07 Å². The third-order valence-corrected chi connectivity index (χ3v) is 2.72. The zero-order valence-electron chi connectivity index (χ0n) is 9.41. The van der Waals surface area contributed by atoms with Crippen LogP contribution in [-0.2, 0) is 6.42 Å². The normalized spacial score (nSPS) is 12.7. The average molecular weight is 237 g/mol. The fraction of sp³-hybridized carbons (Fsp3) is 0.231. The summed E-state index contributed by atoms with van der Waals surface area (Å²) in [6, 6.07) is 5.00. The Bertz CT molecular complexity index is 502. The highest BCUT2D eigenvalue weighted by Gasteiger charge is 2.17. The molecule has 1 heterocycles. The van der Waals surface area contributed by atoms with Crippen molar-refractivity contribution >= 4 is 0 Å². The van der Waals surface area contributed by atoms with E-state index < -0.39 is 17.7 Å². The quantitative estimate of drug-likeness (QED) is 0.890. The minimum Gasteiger partial charge on any atom is -0.467 e. The van der Waals surface area contributed by atoms with Crippen LogP contribution in [0.2, 0.25) is 0 Å². The molecule has 2 rings (SSSR count). The van der Waals surface area contributed by atoms with Crippen LogP contribution in [0, 0.1) is 18.6 Å². The summed E-state index contributed by atoms with van der Waals surface area (Å²) in [6.07, 6.45) is 1.59. The monoisotopic (exact) mass is 237 g/mol. The molecule has 90 valence electrons. The van der Waals surface area contributed by atoms with E-state index in [9.17, 15) is 8.78 Å². The van der Waals surface area contributed by atoms with Gasteiger partial charge in [-0.25, -0.2) is 8.78 Å². The Balaban J connectivity index is 2.25. The number of hydrogen-bond acceptors (Lipinski definition) is 2. The Kier molecular flexibility index (Phi) is 3.24. The minimum absolute atomic E-state index is 0.00389. The lowest BCUT2D eigenvalue weighted by Crippen LogP contribution is -2.15. The van der Waals surface area contributed by atoms with Gasteiger partial charge in [-0.3, -0.25) is 0 Å². The van der Waals surface area contributed by atoms with E-state index in [-0.39, 0.29) is 12.0 Å². The molecule has 4 heteroatoms. The summed E-state index contributed by atoms with van der Waals surface area (Å²) >= 11 is 0. The molecule has 2 N–H and O–H groups in total. The van der Waals surface area contributed by atoms with Crippen molar-refractivity contribution < 1.29 is 13.2 Å². The molecule has 2 nitrogen and oxygen atoms in total. The summed E-state index contributed by atoms with van der Waals surface area (Å²) in [4.78, 5) is 0. The first-order valence-electron chi connectivity index (χ1n) is 5.32. The van der Waals surface area contributed by atoms with Gasteiger partial charge in [0.15, 0.2) is 0 Å². The molecule has 0 amide bonds. The van der Waals surface area contributed by atoms with Gasteiger partial charge < -0.3 is 10.2 Å². The number of nitrogens with two attached hydrogens (primary N) is 1. The third-order valence-electron chi connectivity index (χ3n) is 2.72. The molecule has 0 aliphatic carbocycles. The highest BCUT2D eigenvalue weighted by molar-refractivity contribution is 5.24. The Morgan fingerprint density at radius 2 is 1.88 bits per heavy atom. The van der Waals surface area contributed by atoms with Gasteiger partial charge in [0.2, 0.25) is 0 Å². The fourth-order valence-electron chi connectivity index (χ4n) is 1.80. The van der Waals surface area contributed by atoms with Gasteiger partial charge in [0.25, 0.3) is 0 Å². The molecule has 0 bridgehead atoms. The van der Waals surface area contributed by atoms with E-state index in [1.807, 2.05) is 6.92 Å². The van der Waals surface area contributed by atoms with Crippen LogP contribution in [0.4, 0.5) is 8.78 Å². The summed E-state index contributed by atoms with van der Waals surface area (Å²) < 4.78 is 32.1. The highest BCUT2D eigenvalue weighted by atomic mass is 19.1. The van der Waals surface area contributed by atoms with E-state index in [1.165, 1.54) is 24.5 Å². The van der Waals surface area contributed by atoms with Crippen molar-refractivity contribution in [1.82, 2.24) is 0 Å². The zero-order chi connectivity index (χ0) is 12.4. The molecule has 0 saturated heterocycles. The molecule has 0 saturated carbocycles. The van der Waals surface area contributed by atoms with Gasteiger partial charge in [-0.15, -0.1) is 0 Å². The number of halogens is 2. The summed E-state index contributed by atoms with van der Waals surface area (Å²) in [7, 11) is 0. The largest absolute Gasteiger partial charge is 0.467 e. The molecule has 17 heavy (non-hydrogen) atoms. The van der Waals surface area contributed by atoms with Crippen molar-refractivity contribution in [2.24, 2.45) is 5.73 Å². The van der Waals surface area contributed by atoms with E-state index in [0.717, 1.165) is 5.56 Å². The first-order chi connectivity index (χ1) is 8.09. The van der Waals surface area contributed by atoms with E-state index in [2.05, 4.69) is 0 Å². The smallest absolute Gasteiger partial charge is 0.129 e. The maximum atomic E-state index is 13.4. The number of aryl methyl sites for hydroxylation is 1.